The predicted molar refractivity (Wildman–Crippen MR) is 97.6 cm³/mol. The van der Waals surface area contributed by atoms with E-state index in [0.717, 1.165) is 21.5 Å². The van der Waals surface area contributed by atoms with Crippen molar-refractivity contribution in [2.45, 2.75) is 13.1 Å². The normalized spacial score (nSPS) is 10.4. The highest BCUT2D eigenvalue weighted by molar-refractivity contribution is 9.10. The molecule has 0 saturated carbocycles. The molecule has 122 valence electrons. The van der Waals surface area contributed by atoms with Crippen LogP contribution >= 0.6 is 15.9 Å². The van der Waals surface area contributed by atoms with Gasteiger partial charge in [0.15, 0.2) is 0 Å². The Bertz CT molecular complexity index is 788. The zero-order valence-corrected chi connectivity index (χ0v) is 14.6. The lowest BCUT2D eigenvalue weighted by atomic mass is 10.2. The van der Waals surface area contributed by atoms with E-state index in [-0.39, 0.29) is 6.03 Å². The standard InChI is InChI=1S/C19H17BrN2O2/c20-17-10-4-5-11-18(17)21-19(23)22(14-16-9-6-12-24-16)13-15-7-2-1-3-8-15/h1-12H,13-14H2,(H,21,23). The third-order valence-electron chi connectivity index (χ3n) is 3.55. The van der Waals surface area contributed by atoms with Gasteiger partial charge in [-0.15, -0.1) is 0 Å². The Morgan fingerprint density at radius 2 is 1.71 bits per heavy atom. The summed E-state index contributed by atoms with van der Waals surface area (Å²) in [5, 5.41) is 2.94. The van der Waals surface area contributed by atoms with E-state index in [1.54, 1.807) is 11.2 Å². The second-order valence-corrected chi connectivity index (χ2v) is 6.19. The number of hydrogen-bond acceptors (Lipinski definition) is 2. The fourth-order valence-electron chi connectivity index (χ4n) is 2.35. The number of carbonyl (C=O) groups is 1. The highest BCUT2D eigenvalue weighted by Gasteiger charge is 2.17. The molecule has 0 bridgehead atoms. The summed E-state index contributed by atoms with van der Waals surface area (Å²) in [6, 6.07) is 20.9. The Hall–Kier alpha value is -2.53. The lowest BCUT2D eigenvalue weighted by Crippen LogP contribution is -2.34. The van der Waals surface area contributed by atoms with Crippen molar-refractivity contribution in [3.63, 3.8) is 0 Å². The number of benzene rings is 2. The highest BCUT2D eigenvalue weighted by Crippen LogP contribution is 2.22. The third-order valence-corrected chi connectivity index (χ3v) is 4.24. The van der Waals surface area contributed by atoms with Crippen LogP contribution in [0.15, 0.2) is 81.9 Å². The average Bonchev–Trinajstić information content (AvgIpc) is 3.10. The maximum absolute atomic E-state index is 12.7. The maximum atomic E-state index is 12.7. The lowest BCUT2D eigenvalue weighted by molar-refractivity contribution is 0.201. The van der Waals surface area contributed by atoms with Crippen LogP contribution in [0.3, 0.4) is 0 Å². The van der Waals surface area contributed by atoms with Crippen LogP contribution in [0.2, 0.25) is 0 Å². The summed E-state index contributed by atoms with van der Waals surface area (Å²) in [7, 11) is 0. The van der Waals surface area contributed by atoms with Gasteiger partial charge in [0.2, 0.25) is 0 Å². The first-order valence-electron chi connectivity index (χ1n) is 7.59. The molecule has 5 heteroatoms. The molecule has 0 spiro atoms. The van der Waals surface area contributed by atoms with Crippen molar-refractivity contribution in [2.24, 2.45) is 0 Å². The summed E-state index contributed by atoms with van der Waals surface area (Å²) < 4.78 is 6.24. The molecular weight excluding hydrogens is 368 g/mol. The SMILES string of the molecule is O=C(Nc1ccccc1Br)N(Cc1ccccc1)Cc1ccco1. The second kappa shape index (κ2) is 7.84. The summed E-state index contributed by atoms with van der Waals surface area (Å²) in [5.74, 6) is 0.744. The topological polar surface area (TPSA) is 45.5 Å². The first-order chi connectivity index (χ1) is 11.7. The zero-order chi connectivity index (χ0) is 16.8. The molecule has 2 amide bonds. The van der Waals surface area contributed by atoms with Crippen molar-refractivity contribution in [2.75, 3.05) is 5.32 Å². The number of nitrogens with zero attached hydrogens (tertiary/aromatic N) is 1. The van der Waals surface area contributed by atoms with E-state index in [4.69, 9.17) is 4.42 Å². The fourth-order valence-corrected chi connectivity index (χ4v) is 2.73. The van der Waals surface area contributed by atoms with Crippen LogP contribution in [0.25, 0.3) is 0 Å². The molecule has 0 aliphatic heterocycles. The van der Waals surface area contributed by atoms with Gasteiger partial charge in [0.25, 0.3) is 0 Å². The number of furan rings is 1. The number of anilines is 1. The van der Waals surface area contributed by atoms with Gasteiger partial charge in [0.1, 0.15) is 5.76 Å². The molecule has 0 fully saturated rings. The number of amides is 2. The molecule has 0 aliphatic carbocycles. The van der Waals surface area contributed by atoms with Gasteiger partial charge in [0.05, 0.1) is 18.5 Å². The van der Waals surface area contributed by atoms with Gasteiger partial charge >= 0.3 is 6.03 Å². The van der Waals surface area contributed by atoms with E-state index >= 15 is 0 Å². The number of rotatable bonds is 5. The van der Waals surface area contributed by atoms with Crippen molar-refractivity contribution in [3.8, 4) is 0 Å². The number of urea groups is 1. The molecule has 0 saturated heterocycles. The van der Waals surface area contributed by atoms with Gasteiger partial charge in [0, 0.05) is 11.0 Å². The zero-order valence-electron chi connectivity index (χ0n) is 13.0. The van der Waals surface area contributed by atoms with E-state index in [0.29, 0.717) is 13.1 Å². The molecule has 1 N–H and O–H groups in total. The van der Waals surface area contributed by atoms with Crippen LogP contribution in [0, 0.1) is 0 Å². The largest absolute Gasteiger partial charge is 0.467 e. The van der Waals surface area contributed by atoms with Crippen LogP contribution in [-0.4, -0.2) is 10.9 Å². The predicted octanol–water partition coefficient (Wildman–Crippen LogP) is 5.28. The number of halogens is 1. The third kappa shape index (κ3) is 4.26. The number of para-hydroxylation sites is 1. The number of carbonyl (C=O) groups excluding carboxylic acids is 1. The highest BCUT2D eigenvalue weighted by atomic mass is 79.9. The minimum Gasteiger partial charge on any atom is -0.467 e. The van der Waals surface area contributed by atoms with Gasteiger partial charge in [-0.25, -0.2) is 4.79 Å². The molecule has 0 radical (unpaired) electrons. The number of nitrogens with one attached hydrogen (secondary N) is 1. The molecule has 3 rings (SSSR count). The van der Waals surface area contributed by atoms with E-state index in [9.17, 15) is 4.79 Å². The van der Waals surface area contributed by atoms with Crippen molar-refractivity contribution in [1.82, 2.24) is 4.90 Å². The number of hydrogen-bond donors (Lipinski definition) is 1. The van der Waals surface area contributed by atoms with Crippen molar-refractivity contribution in [3.05, 3.63) is 88.8 Å². The van der Waals surface area contributed by atoms with Crippen LogP contribution in [0.4, 0.5) is 10.5 Å². The lowest BCUT2D eigenvalue weighted by Gasteiger charge is -2.22. The molecule has 1 heterocycles. The van der Waals surface area contributed by atoms with E-state index in [2.05, 4.69) is 21.2 Å². The smallest absolute Gasteiger partial charge is 0.322 e. The van der Waals surface area contributed by atoms with Gasteiger partial charge in [-0.2, -0.15) is 0 Å². The molecule has 0 aliphatic rings. The molecule has 1 aromatic heterocycles. The minimum absolute atomic E-state index is 0.179. The average molecular weight is 385 g/mol. The minimum atomic E-state index is -0.179. The first-order valence-corrected chi connectivity index (χ1v) is 8.38. The molecule has 4 nitrogen and oxygen atoms in total. The van der Waals surface area contributed by atoms with Crippen molar-refractivity contribution >= 4 is 27.6 Å². The summed E-state index contributed by atoms with van der Waals surface area (Å²) in [5.41, 5.74) is 1.80. The molecule has 2 aromatic carbocycles. The van der Waals surface area contributed by atoms with Crippen molar-refractivity contribution < 1.29 is 9.21 Å². The monoisotopic (exact) mass is 384 g/mol. The molecule has 3 aromatic rings. The van der Waals surface area contributed by atoms with E-state index in [1.165, 1.54) is 0 Å². The first kappa shape index (κ1) is 16.3. The quantitative estimate of drug-likeness (QED) is 0.650. The maximum Gasteiger partial charge on any atom is 0.322 e. The van der Waals surface area contributed by atoms with Crippen LogP contribution in [0.1, 0.15) is 11.3 Å². The van der Waals surface area contributed by atoms with E-state index in [1.807, 2.05) is 66.7 Å². The van der Waals surface area contributed by atoms with Gasteiger partial charge in [-0.05, 0) is 45.8 Å². The van der Waals surface area contributed by atoms with Gasteiger partial charge in [-0.1, -0.05) is 42.5 Å². The molecular formula is C19H17BrN2O2. The Balaban J connectivity index is 1.77. The summed E-state index contributed by atoms with van der Waals surface area (Å²) in [6.07, 6.45) is 1.61. The molecule has 0 atom stereocenters. The van der Waals surface area contributed by atoms with Crippen LogP contribution < -0.4 is 5.32 Å². The summed E-state index contributed by atoms with van der Waals surface area (Å²) >= 11 is 3.45. The Morgan fingerprint density at radius 3 is 2.42 bits per heavy atom. The molecule has 24 heavy (non-hydrogen) atoms. The van der Waals surface area contributed by atoms with Gasteiger partial charge in [-0.3, -0.25) is 0 Å². The van der Waals surface area contributed by atoms with Crippen LogP contribution in [0.5, 0.6) is 0 Å². The Kier molecular flexibility index (Phi) is 5.33. The Labute approximate surface area is 149 Å². The summed E-state index contributed by atoms with van der Waals surface area (Å²) in [6.45, 7) is 0.899. The van der Waals surface area contributed by atoms with Crippen molar-refractivity contribution in [1.29, 1.82) is 0 Å². The Morgan fingerprint density at radius 1 is 0.958 bits per heavy atom. The van der Waals surface area contributed by atoms with E-state index < -0.39 is 0 Å². The fraction of sp³-hybridized carbons (Fsp3) is 0.105. The van der Waals surface area contributed by atoms with Gasteiger partial charge < -0.3 is 14.6 Å². The summed E-state index contributed by atoms with van der Waals surface area (Å²) in [4.78, 5) is 14.5. The van der Waals surface area contributed by atoms with Crippen LogP contribution in [-0.2, 0) is 13.1 Å². The molecule has 0 unspecified atom stereocenters. The second-order valence-electron chi connectivity index (χ2n) is 5.33.